The third-order valence-electron chi connectivity index (χ3n) is 1.59. The number of carbonyl (C=O) groups excluding carboxylic acids is 1. The van der Waals surface area contributed by atoms with Crippen LogP contribution in [0.4, 0.5) is 0 Å². The van der Waals surface area contributed by atoms with Crippen LogP contribution in [-0.2, 0) is 14.3 Å². The fourth-order valence-electron chi connectivity index (χ4n) is 0.991. The molecule has 1 heterocycles. The maximum absolute atomic E-state index is 10.5. The molecule has 0 aromatic heterocycles. The summed E-state index contributed by atoms with van der Waals surface area (Å²) < 4.78 is 9.50. The summed E-state index contributed by atoms with van der Waals surface area (Å²) in [6, 6.07) is 0. The van der Waals surface area contributed by atoms with Crippen LogP contribution in [0, 0.1) is 6.61 Å². The van der Waals surface area contributed by atoms with E-state index in [1.165, 1.54) is 13.5 Å². The Bertz CT molecular complexity index is 169. The number of esters is 1. The van der Waals surface area contributed by atoms with Crippen molar-refractivity contribution < 1.29 is 24.5 Å². The molecule has 0 amide bonds. The van der Waals surface area contributed by atoms with Crippen LogP contribution in [-0.4, -0.2) is 41.1 Å². The molecule has 0 aromatic carbocycles. The van der Waals surface area contributed by atoms with E-state index in [0.29, 0.717) is 0 Å². The van der Waals surface area contributed by atoms with Gasteiger partial charge in [0.15, 0.2) is 6.10 Å². The van der Waals surface area contributed by atoms with Crippen LogP contribution in [0.3, 0.4) is 0 Å². The van der Waals surface area contributed by atoms with Crippen molar-refractivity contribution in [2.24, 2.45) is 0 Å². The number of ether oxygens (including phenoxy) is 2. The number of hydrogen-bond acceptors (Lipinski definition) is 5. The van der Waals surface area contributed by atoms with E-state index in [9.17, 15) is 9.90 Å². The molecule has 1 aliphatic heterocycles. The molecule has 1 aliphatic rings. The van der Waals surface area contributed by atoms with E-state index in [0.717, 1.165) is 0 Å². The zero-order valence-electron chi connectivity index (χ0n) is 6.64. The van der Waals surface area contributed by atoms with E-state index in [-0.39, 0.29) is 6.61 Å². The molecule has 0 unspecified atom stereocenters. The minimum atomic E-state index is -0.973. The topological polar surface area (TPSA) is 76.0 Å². The van der Waals surface area contributed by atoms with Crippen molar-refractivity contribution in [3.8, 4) is 0 Å². The van der Waals surface area contributed by atoms with Crippen molar-refractivity contribution in [1.29, 1.82) is 0 Å². The first-order valence-electron chi connectivity index (χ1n) is 3.60. The minimum absolute atomic E-state index is 0.296. The number of aliphatic hydroxyl groups excluding tert-OH is 2. The predicted octanol–water partition coefficient (Wildman–Crippen LogP) is -1.17. The van der Waals surface area contributed by atoms with Crippen molar-refractivity contribution in [1.82, 2.24) is 0 Å². The molecule has 0 aromatic rings. The first-order valence-corrected chi connectivity index (χ1v) is 3.60. The van der Waals surface area contributed by atoms with Crippen molar-refractivity contribution in [3.63, 3.8) is 0 Å². The minimum Gasteiger partial charge on any atom is -0.457 e. The number of carbonyl (C=O) groups is 1. The van der Waals surface area contributed by atoms with Gasteiger partial charge in [0.1, 0.15) is 18.8 Å². The van der Waals surface area contributed by atoms with Crippen LogP contribution in [0.1, 0.15) is 6.92 Å². The lowest BCUT2D eigenvalue weighted by molar-refractivity contribution is -0.148. The van der Waals surface area contributed by atoms with Gasteiger partial charge in [0.2, 0.25) is 0 Å². The van der Waals surface area contributed by atoms with Gasteiger partial charge in [-0.05, 0) is 0 Å². The van der Waals surface area contributed by atoms with Crippen LogP contribution >= 0.6 is 0 Å². The van der Waals surface area contributed by atoms with Gasteiger partial charge in [-0.2, -0.15) is 0 Å². The molecule has 1 fully saturated rings. The van der Waals surface area contributed by atoms with Crippen molar-refractivity contribution >= 4 is 5.97 Å². The molecule has 0 spiro atoms. The molecule has 1 saturated heterocycles. The van der Waals surface area contributed by atoms with Gasteiger partial charge in [0.25, 0.3) is 0 Å². The maximum atomic E-state index is 10.5. The third-order valence-corrected chi connectivity index (χ3v) is 1.59. The fraction of sp³-hybridized carbons (Fsp3) is 0.714. The Morgan fingerprint density at radius 2 is 2.42 bits per heavy atom. The fourth-order valence-corrected chi connectivity index (χ4v) is 0.991. The van der Waals surface area contributed by atoms with Crippen LogP contribution in [0.25, 0.3) is 0 Å². The van der Waals surface area contributed by atoms with Gasteiger partial charge < -0.3 is 19.7 Å². The molecular weight excluding hydrogens is 164 g/mol. The van der Waals surface area contributed by atoms with Crippen molar-refractivity contribution in [3.05, 3.63) is 6.61 Å². The van der Waals surface area contributed by atoms with Gasteiger partial charge >= 0.3 is 5.97 Å². The first-order chi connectivity index (χ1) is 5.65. The van der Waals surface area contributed by atoms with Gasteiger partial charge in [0.05, 0.1) is 6.61 Å². The van der Waals surface area contributed by atoms with Crippen LogP contribution in [0.5, 0.6) is 0 Å². The summed E-state index contributed by atoms with van der Waals surface area (Å²) in [6.07, 6.45) is -2.42. The smallest absolute Gasteiger partial charge is 0.303 e. The Balaban J connectivity index is 2.43. The van der Waals surface area contributed by atoms with E-state index < -0.39 is 24.3 Å². The summed E-state index contributed by atoms with van der Waals surface area (Å²) >= 11 is 0. The summed E-state index contributed by atoms with van der Waals surface area (Å²) in [5.41, 5.74) is 0. The monoisotopic (exact) mass is 175 g/mol. The van der Waals surface area contributed by atoms with E-state index in [1.807, 2.05) is 0 Å². The van der Waals surface area contributed by atoms with Crippen molar-refractivity contribution in [2.45, 2.75) is 25.2 Å². The van der Waals surface area contributed by atoms with Gasteiger partial charge in [-0.3, -0.25) is 4.79 Å². The average molecular weight is 175 g/mol. The van der Waals surface area contributed by atoms with Crippen molar-refractivity contribution in [2.75, 3.05) is 6.61 Å². The second-order valence-electron chi connectivity index (χ2n) is 2.56. The summed E-state index contributed by atoms with van der Waals surface area (Å²) in [5.74, 6) is -0.488. The second kappa shape index (κ2) is 3.84. The molecule has 5 heteroatoms. The largest absolute Gasteiger partial charge is 0.457 e. The van der Waals surface area contributed by atoms with Crippen LogP contribution < -0.4 is 0 Å². The van der Waals surface area contributed by atoms with Gasteiger partial charge in [-0.15, -0.1) is 0 Å². The zero-order valence-corrected chi connectivity index (χ0v) is 6.64. The van der Waals surface area contributed by atoms with Gasteiger partial charge in [-0.1, -0.05) is 0 Å². The standard InChI is InChI=1S/C7H11O5/c1-4(9)12-6-3-11-5(2-8)7(6)10/h3,5-8,10H,2H2,1H3/t5-,6+,7-/m1/s1. The molecule has 0 saturated carbocycles. The lowest BCUT2D eigenvalue weighted by Gasteiger charge is -2.14. The van der Waals surface area contributed by atoms with E-state index in [1.54, 1.807) is 0 Å². The molecule has 0 aliphatic carbocycles. The SMILES string of the molecule is CC(=O)O[C@H]1[CH]O[C@H](CO)[C@H]1O. The summed E-state index contributed by atoms with van der Waals surface area (Å²) in [6.45, 7) is 2.16. The van der Waals surface area contributed by atoms with E-state index in [2.05, 4.69) is 4.74 Å². The molecule has 0 bridgehead atoms. The Morgan fingerprint density at radius 3 is 2.83 bits per heavy atom. The van der Waals surface area contributed by atoms with Gasteiger partial charge in [0, 0.05) is 6.92 Å². The molecule has 3 atom stereocenters. The normalized spacial score (nSPS) is 35.1. The number of rotatable bonds is 2. The average Bonchev–Trinajstić information content (AvgIpc) is 2.32. The Labute approximate surface area is 69.9 Å². The highest BCUT2D eigenvalue weighted by atomic mass is 16.6. The molecule has 5 nitrogen and oxygen atoms in total. The highest BCUT2D eigenvalue weighted by molar-refractivity contribution is 5.66. The molecule has 2 N–H and O–H groups in total. The highest BCUT2D eigenvalue weighted by Crippen LogP contribution is 2.20. The number of aliphatic hydroxyl groups is 2. The summed E-state index contributed by atoms with van der Waals surface area (Å²) in [5, 5.41) is 17.9. The molecule has 69 valence electrons. The first kappa shape index (κ1) is 9.44. The maximum Gasteiger partial charge on any atom is 0.303 e. The Kier molecular flexibility index (Phi) is 3.02. The Hall–Kier alpha value is -0.650. The highest BCUT2D eigenvalue weighted by Gasteiger charge is 2.38. The summed E-state index contributed by atoms with van der Waals surface area (Å²) in [7, 11) is 0. The third kappa shape index (κ3) is 1.94. The quantitative estimate of drug-likeness (QED) is 0.517. The lowest BCUT2D eigenvalue weighted by Crippen LogP contribution is -2.34. The van der Waals surface area contributed by atoms with Crippen LogP contribution in [0.15, 0.2) is 0 Å². The second-order valence-corrected chi connectivity index (χ2v) is 2.56. The number of hydrogen-bond donors (Lipinski definition) is 2. The predicted molar refractivity (Wildman–Crippen MR) is 37.8 cm³/mol. The lowest BCUT2D eigenvalue weighted by atomic mass is 10.1. The van der Waals surface area contributed by atoms with Gasteiger partial charge in [-0.25, -0.2) is 0 Å². The molecular formula is C7H11O5. The van der Waals surface area contributed by atoms with Crippen LogP contribution in [0.2, 0.25) is 0 Å². The molecule has 12 heavy (non-hydrogen) atoms. The summed E-state index contributed by atoms with van der Waals surface area (Å²) in [4.78, 5) is 10.5. The van der Waals surface area contributed by atoms with E-state index >= 15 is 0 Å². The molecule has 1 radical (unpaired) electrons. The van der Waals surface area contributed by atoms with E-state index in [4.69, 9.17) is 9.84 Å². The Morgan fingerprint density at radius 1 is 1.75 bits per heavy atom. The zero-order chi connectivity index (χ0) is 9.14. The molecule has 1 rings (SSSR count).